The van der Waals surface area contributed by atoms with Gasteiger partial charge in [-0.25, -0.2) is 9.97 Å². The number of rotatable bonds is 2. The SMILES string of the molecule is Cn1cc(C2=CC(C)(C)CN2c2ccnc(Cl)n2)cn1. The number of nitrogens with zero attached hydrogens (tertiary/aromatic N) is 5. The van der Waals surface area contributed by atoms with E-state index in [9.17, 15) is 0 Å². The fourth-order valence-electron chi connectivity index (χ4n) is 2.46. The van der Waals surface area contributed by atoms with E-state index in [0.717, 1.165) is 23.6 Å². The Morgan fingerprint density at radius 2 is 2.15 bits per heavy atom. The normalized spacial score (nSPS) is 17.4. The molecule has 0 saturated heterocycles. The number of anilines is 1. The van der Waals surface area contributed by atoms with Gasteiger partial charge in [-0.2, -0.15) is 5.10 Å². The maximum atomic E-state index is 5.91. The largest absolute Gasteiger partial charge is 0.325 e. The molecule has 0 amide bonds. The third kappa shape index (κ3) is 2.41. The van der Waals surface area contributed by atoms with Crippen LogP contribution in [0.5, 0.6) is 0 Å². The fraction of sp³-hybridized carbons (Fsp3) is 0.357. The predicted molar refractivity (Wildman–Crippen MR) is 79.4 cm³/mol. The van der Waals surface area contributed by atoms with Crippen LogP contribution in [0.1, 0.15) is 19.4 Å². The molecule has 6 heteroatoms. The Morgan fingerprint density at radius 3 is 2.80 bits per heavy atom. The average molecular weight is 290 g/mol. The van der Waals surface area contributed by atoms with Gasteiger partial charge in [0.25, 0.3) is 0 Å². The minimum absolute atomic E-state index is 0.0720. The van der Waals surface area contributed by atoms with Crippen LogP contribution in [0.15, 0.2) is 30.7 Å². The Balaban J connectivity index is 2.04. The van der Waals surface area contributed by atoms with Crippen molar-refractivity contribution in [3.63, 3.8) is 0 Å². The molecule has 0 unspecified atom stereocenters. The van der Waals surface area contributed by atoms with Gasteiger partial charge in [0.05, 0.1) is 6.20 Å². The topological polar surface area (TPSA) is 46.8 Å². The van der Waals surface area contributed by atoms with Crippen molar-refractivity contribution < 1.29 is 0 Å². The highest BCUT2D eigenvalue weighted by Crippen LogP contribution is 2.38. The van der Waals surface area contributed by atoms with Gasteiger partial charge >= 0.3 is 0 Å². The summed E-state index contributed by atoms with van der Waals surface area (Å²) in [6.45, 7) is 5.25. The smallest absolute Gasteiger partial charge is 0.224 e. The number of hydrogen-bond acceptors (Lipinski definition) is 4. The molecule has 0 fully saturated rings. The summed E-state index contributed by atoms with van der Waals surface area (Å²) >= 11 is 5.91. The molecule has 3 rings (SSSR count). The second kappa shape index (κ2) is 4.59. The molecule has 20 heavy (non-hydrogen) atoms. The highest BCUT2D eigenvalue weighted by molar-refractivity contribution is 6.28. The molecular formula is C14H16ClN5. The third-order valence-corrected chi connectivity index (χ3v) is 3.45. The zero-order valence-electron chi connectivity index (χ0n) is 11.7. The molecule has 0 aliphatic carbocycles. The number of halogens is 1. The lowest BCUT2D eigenvalue weighted by atomic mass is 9.95. The lowest BCUT2D eigenvalue weighted by Crippen LogP contribution is -2.25. The van der Waals surface area contributed by atoms with Crippen LogP contribution >= 0.6 is 11.6 Å². The highest BCUT2D eigenvalue weighted by atomic mass is 35.5. The lowest BCUT2D eigenvalue weighted by molar-refractivity contribution is 0.515. The summed E-state index contributed by atoms with van der Waals surface area (Å²) in [7, 11) is 1.91. The van der Waals surface area contributed by atoms with Crippen molar-refractivity contribution in [3.8, 4) is 0 Å². The molecule has 0 bridgehead atoms. The van der Waals surface area contributed by atoms with Crippen LogP contribution in [0.2, 0.25) is 5.28 Å². The Bertz CT molecular complexity index is 674. The molecule has 0 N–H and O–H groups in total. The van der Waals surface area contributed by atoms with E-state index in [-0.39, 0.29) is 10.7 Å². The molecule has 104 valence electrons. The van der Waals surface area contributed by atoms with Gasteiger partial charge in [-0.15, -0.1) is 0 Å². The molecule has 3 heterocycles. The number of hydrogen-bond donors (Lipinski definition) is 0. The van der Waals surface area contributed by atoms with Crippen LogP contribution in [0.3, 0.4) is 0 Å². The van der Waals surface area contributed by atoms with Gasteiger partial charge in [0.2, 0.25) is 5.28 Å². The Kier molecular flexibility index (Phi) is 3.01. The second-order valence-electron chi connectivity index (χ2n) is 5.69. The van der Waals surface area contributed by atoms with Gasteiger partial charge in [-0.3, -0.25) is 4.68 Å². The predicted octanol–water partition coefficient (Wildman–Crippen LogP) is 2.75. The van der Waals surface area contributed by atoms with Crippen molar-refractivity contribution in [2.75, 3.05) is 11.4 Å². The van der Waals surface area contributed by atoms with Crippen LogP contribution in [0.25, 0.3) is 5.70 Å². The summed E-state index contributed by atoms with van der Waals surface area (Å²) in [4.78, 5) is 10.4. The summed E-state index contributed by atoms with van der Waals surface area (Å²) in [6, 6.07) is 1.87. The molecular weight excluding hydrogens is 274 g/mol. The summed E-state index contributed by atoms with van der Waals surface area (Å²) in [5.74, 6) is 0.811. The van der Waals surface area contributed by atoms with Crippen LogP contribution in [-0.2, 0) is 7.05 Å². The Labute approximate surface area is 122 Å². The van der Waals surface area contributed by atoms with Crippen molar-refractivity contribution in [1.29, 1.82) is 0 Å². The molecule has 0 radical (unpaired) electrons. The molecule has 5 nitrogen and oxygen atoms in total. The standard InChI is InChI=1S/C14H16ClN5/c1-14(2)6-11(10-7-17-19(3)8-10)20(9-14)12-4-5-16-13(15)18-12/h4-8H,9H2,1-3H3. The minimum Gasteiger partial charge on any atom is -0.325 e. The molecule has 0 atom stereocenters. The van der Waals surface area contributed by atoms with Crippen LogP contribution in [-0.4, -0.2) is 26.3 Å². The first-order valence-corrected chi connectivity index (χ1v) is 6.80. The lowest BCUT2D eigenvalue weighted by Gasteiger charge is -2.23. The van der Waals surface area contributed by atoms with E-state index in [1.165, 1.54) is 0 Å². The van der Waals surface area contributed by atoms with E-state index in [2.05, 4.69) is 39.9 Å². The summed E-state index contributed by atoms with van der Waals surface area (Å²) in [5, 5.41) is 4.51. The van der Waals surface area contributed by atoms with Gasteiger partial charge in [0, 0.05) is 42.7 Å². The zero-order chi connectivity index (χ0) is 14.3. The van der Waals surface area contributed by atoms with Crippen molar-refractivity contribution in [2.45, 2.75) is 13.8 Å². The van der Waals surface area contributed by atoms with Gasteiger partial charge in [-0.1, -0.05) is 19.9 Å². The maximum Gasteiger partial charge on any atom is 0.224 e. The summed E-state index contributed by atoms with van der Waals surface area (Å²) < 4.78 is 1.80. The second-order valence-corrected chi connectivity index (χ2v) is 6.03. The van der Waals surface area contributed by atoms with Crippen LogP contribution < -0.4 is 4.90 Å². The zero-order valence-corrected chi connectivity index (χ0v) is 12.5. The van der Waals surface area contributed by atoms with E-state index in [1.807, 2.05) is 25.5 Å². The average Bonchev–Trinajstić information content (AvgIpc) is 2.92. The van der Waals surface area contributed by atoms with Crippen molar-refractivity contribution >= 4 is 23.1 Å². The molecule has 0 aromatic carbocycles. The number of aromatic nitrogens is 4. The highest BCUT2D eigenvalue weighted by Gasteiger charge is 2.32. The van der Waals surface area contributed by atoms with E-state index >= 15 is 0 Å². The van der Waals surface area contributed by atoms with Crippen molar-refractivity contribution in [3.05, 3.63) is 41.6 Å². The Morgan fingerprint density at radius 1 is 1.35 bits per heavy atom. The van der Waals surface area contributed by atoms with Gasteiger partial charge in [0.1, 0.15) is 5.82 Å². The minimum atomic E-state index is 0.0720. The van der Waals surface area contributed by atoms with E-state index in [4.69, 9.17) is 11.6 Å². The van der Waals surface area contributed by atoms with E-state index < -0.39 is 0 Å². The first kappa shape index (κ1) is 13.1. The van der Waals surface area contributed by atoms with Gasteiger partial charge in [-0.05, 0) is 17.7 Å². The van der Waals surface area contributed by atoms with E-state index in [0.29, 0.717) is 0 Å². The molecule has 2 aromatic heterocycles. The number of aryl methyl sites for hydroxylation is 1. The molecule has 0 spiro atoms. The quantitative estimate of drug-likeness (QED) is 0.798. The third-order valence-electron chi connectivity index (χ3n) is 3.27. The van der Waals surface area contributed by atoms with E-state index in [1.54, 1.807) is 10.9 Å². The van der Waals surface area contributed by atoms with Crippen LogP contribution in [0.4, 0.5) is 5.82 Å². The molecule has 1 aliphatic heterocycles. The van der Waals surface area contributed by atoms with Crippen LogP contribution in [0, 0.1) is 5.41 Å². The van der Waals surface area contributed by atoms with Crippen molar-refractivity contribution in [2.24, 2.45) is 12.5 Å². The maximum absolute atomic E-state index is 5.91. The summed E-state index contributed by atoms with van der Waals surface area (Å²) in [6.07, 6.45) is 7.79. The molecule has 1 aliphatic rings. The van der Waals surface area contributed by atoms with Gasteiger partial charge < -0.3 is 4.90 Å². The first-order chi connectivity index (χ1) is 9.44. The van der Waals surface area contributed by atoms with Gasteiger partial charge in [0.15, 0.2) is 0 Å². The Hall–Kier alpha value is -1.88. The summed E-state index contributed by atoms with van der Waals surface area (Å²) in [5.41, 5.74) is 2.26. The first-order valence-electron chi connectivity index (χ1n) is 6.43. The molecule has 2 aromatic rings. The fourth-order valence-corrected chi connectivity index (χ4v) is 2.60. The van der Waals surface area contributed by atoms with Crippen molar-refractivity contribution in [1.82, 2.24) is 19.7 Å². The molecule has 0 saturated carbocycles. The monoisotopic (exact) mass is 289 g/mol.